The van der Waals surface area contributed by atoms with E-state index in [1.54, 1.807) is 0 Å². The standard InChI is InChI=1S/C58H39N/c1-3-14-41(15-4-1)52-22-11-12-23-56(52)58-55(42-16-5-2-6-17-42)24-13-25-57(58)59(49-35-37-54-47(39-49)29-27-44-19-8-10-21-51(44)54)48-33-30-40(31-34-48)45-32-36-53-46(38-45)28-26-43-18-7-9-20-50(43)53/h1-39H. The minimum Gasteiger partial charge on any atom is -0.310 e. The number of hydrogen-bond donors (Lipinski definition) is 0. The van der Waals surface area contributed by atoms with Crippen molar-refractivity contribution in [2.75, 3.05) is 4.90 Å². The summed E-state index contributed by atoms with van der Waals surface area (Å²) in [6.07, 6.45) is 0. The Bertz CT molecular complexity index is 3310. The van der Waals surface area contributed by atoms with Crippen molar-refractivity contribution in [3.8, 4) is 44.5 Å². The lowest BCUT2D eigenvalue weighted by Crippen LogP contribution is -2.12. The van der Waals surface area contributed by atoms with Crippen molar-refractivity contribution in [2.45, 2.75) is 0 Å². The minimum absolute atomic E-state index is 1.09. The minimum atomic E-state index is 1.09. The van der Waals surface area contributed by atoms with Gasteiger partial charge in [0.05, 0.1) is 5.69 Å². The number of hydrogen-bond acceptors (Lipinski definition) is 1. The molecule has 0 aliphatic carbocycles. The van der Waals surface area contributed by atoms with Crippen molar-refractivity contribution >= 4 is 60.2 Å². The number of nitrogens with zero attached hydrogens (tertiary/aromatic N) is 1. The molecule has 0 saturated carbocycles. The zero-order valence-electron chi connectivity index (χ0n) is 32.5. The lowest BCUT2D eigenvalue weighted by Gasteiger charge is -2.30. The molecule has 11 aromatic rings. The highest BCUT2D eigenvalue weighted by Crippen LogP contribution is 2.48. The molecule has 0 N–H and O–H groups in total. The second-order valence-electron chi connectivity index (χ2n) is 15.3. The average Bonchev–Trinajstić information content (AvgIpc) is 3.32. The predicted molar refractivity (Wildman–Crippen MR) is 253 cm³/mol. The van der Waals surface area contributed by atoms with E-state index in [9.17, 15) is 0 Å². The van der Waals surface area contributed by atoms with Gasteiger partial charge < -0.3 is 4.90 Å². The van der Waals surface area contributed by atoms with E-state index in [4.69, 9.17) is 0 Å². The Morgan fingerprint density at radius 3 is 1.39 bits per heavy atom. The van der Waals surface area contributed by atoms with Crippen molar-refractivity contribution < 1.29 is 0 Å². The third kappa shape index (κ3) is 6.21. The summed E-state index contributed by atoms with van der Waals surface area (Å²) in [5, 5.41) is 10.0. The summed E-state index contributed by atoms with van der Waals surface area (Å²) in [6, 6.07) is 86.4. The molecular weight excluding hydrogens is 711 g/mol. The van der Waals surface area contributed by atoms with E-state index in [0.717, 1.165) is 17.1 Å². The van der Waals surface area contributed by atoms with Gasteiger partial charge in [-0.15, -0.1) is 0 Å². The van der Waals surface area contributed by atoms with Gasteiger partial charge in [0.2, 0.25) is 0 Å². The Balaban J connectivity index is 1.13. The molecular formula is C58H39N. The molecule has 0 spiro atoms. The Morgan fingerprint density at radius 2 is 0.712 bits per heavy atom. The topological polar surface area (TPSA) is 3.24 Å². The third-order valence-corrected chi connectivity index (χ3v) is 11.8. The van der Waals surface area contributed by atoms with E-state index in [2.05, 4.69) is 241 Å². The molecule has 0 atom stereocenters. The fourth-order valence-corrected chi connectivity index (χ4v) is 9.00. The van der Waals surface area contributed by atoms with Gasteiger partial charge in [0.1, 0.15) is 0 Å². The summed E-state index contributed by atoms with van der Waals surface area (Å²) < 4.78 is 0. The van der Waals surface area contributed by atoms with Crippen LogP contribution >= 0.6 is 0 Å². The van der Waals surface area contributed by atoms with E-state index < -0.39 is 0 Å². The number of anilines is 3. The SMILES string of the molecule is c1ccc(-c2ccccc2-c2c(-c3ccccc3)cccc2N(c2ccc(-c3ccc4c(ccc5ccccc54)c3)cc2)c2ccc3c(ccc4ccccc43)c2)cc1. The Labute approximate surface area is 344 Å². The largest absolute Gasteiger partial charge is 0.310 e. The second-order valence-corrected chi connectivity index (χ2v) is 15.3. The van der Waals surface area contributed by atoms with E-state index in [0.29, 0.717) is 0 Å². The quantitative estimate of drug-likeness (QED) is 0.147. The Morgan fingerprint density at radius 1 is 0.237 bits per heavy atom. The highest BCUT2D eigenvalue weighted by molar-refractivity contribution is 6.10. The highest BCUT2D eigenvalue weighted by Gasteiger charge is 2.23. The van der Waals surface area contributed by atoms with Gasteiger partial charge in [0, 0.05) is 16.9 Å². The predicted octanol–water partition coefficient (Wildman–Crippen LogP) is 16.4. The van der Waals surface area contributed by atoms with E-state index in [1.807, 2.05) is 0 Å². The van der Waals surface area contributed by atoms with Gasteiger partial charge >= 0.3 is 0 Å². The fourth-order valence-electron chi connectivity index (χ4n) is 9.00. The van der Waals surface area contributed by atoms with E-state index in [-0.39, 0.29) is 0 Å². The highest BCUT2D eigenvalue weighted by atomic mass is 15.1. The zero-order chi connectivity index (χ0) is 39.1. The van der Waals surface area contributed by atoms with Crippen molar-refractivity contribution in [3.63, 3.8) is 0 Å². The van der Waals surface area contributed by atoms with Gasteiger partial charge in [-0.1, -0.05) is 200 Å². The van der Waals surface area contributed by atoms with Crippen LogP contribution in [-0.2, 0) is 0 Å². The first-order chi connectivity index (χ1) is 29.3. The maximum Gasteiger partial charge on any atom is 0.0546 e. The molecule has 59 heavy (non-hydrogen) atoms. The van der Waals surface area contributed by atoms with Gasteiger partial charge in [-0.05, 0) is 118 Å². The maximum atomic E-state index is 2.45. The number of rotatable bonds is 7. The van der Waals surface area contributed by atoms with Crippen molar-refractivity contribution in [1.82, 2.24) is 0 Å². The van der Waals surface area contributed by atoms with Gasteiger partial charge in [0.15, 0.2) is 0 Å². The van der Waals surface area contributed by atoms with Gasteiger partial charge in [0.25, 0.3) is 0 Å². The van der Waals surface area contributed by atoms with Crippen molar-refractivity contribution in [1.29, 1.82) is 0 Å². The molecule has 0 bridgehead atoms. The van der Waals surface area contributed by atoms with Crippen molar-refractivity contribution in [2.24, 2.45) is 0 Å². The van der Waals surface area contributed by atoms with E-state index in [1.165, 1.54) is 87.6 Å². The van der Waals surface area contributed by atoms with Crippen LogP contribution < -0.4 is 4.90 Å². The molecule has 0 aliphatic rings. The van der Waals surface area contributed by atoms with Gasteiger partial charge in [-0.25, -0.2) is 0 Å². The summed E-state index contributed by atoms with van der Waals surface area (Å²) in [4.78, 5) is 2.45. The van der Waals surface area contributed by atoms with Crippen LogP contribution in [0.15, 0.2) is 237 Å². The first-order valence-corrected chi connectivity index (χ1v) is 20.3. The molecule has 276 valence electrons. The van der Waals surface area contributed by atoms with Crippen LogP contribution in [0.5, 0.6) is 0 Å². The van der Waals surface area contributed by atoms with E-state index >= 15 is 0 Å². The normalized spacial score (nSPS) is 11.4. The molecule has 0 radical (unpaired) electrons. The molecule has 0 amide bonds. The lowest BCUT2D eigenvalue weighted by atomic mass is 9.87. The molecule has 0 unspecified atom stereocenters. The summed E-state index contributed by atoms with van der Waals surface area (Å²) in [5.41, 5.74) is 12.8. The first kappa shape index (κ1) is 34.5. The number of benzene rings is 11. The summed E-state index contributed by atoms with van der Waals surface area (Å²) in [6.45, 7) is 0. The molecule has 11 rings (SSSR count). The first-order valence-electron chi connectivity index (χ1n) is 20.3. The van der Waals surface area contributed by atoms with Gasteiger partial charge in [-0.2, -0.15) is 0 Å². The number of fused-ring (bicyclic) bond motifs is 6. The Kier molecular flexibility index (Phi) is 8.56. The third-order valence-electron chi connectivity index (χ3n) is 11.8. The molecule has 1 nitrogen and oxygen atoms in total. The Hall–Kier alpha value is -7.74. The van der Waals surface area contributed by atoms with Crippen LogP contribution in [-0.4, -0.2) is 0 Å². The fraction of sp³-hybridized carbons (Fsp3) is 0. The monoisotopic (exact) mass is 749 g/mol. The molecule has 11 aromatic carbocycles. The molecule has 0 fully saturated rings. The van der Waals surface area contributed by atoms with Crippen LogP contribution in [0.1, 0.15) is 0 Å². The van der Waals surface area contributed by atoms with Crippen LogP contribution in [0.2, 0.25) is 0 Å². The summed E-state index contributed by atoms with van der Waals surface area (Å²) in [7, 11) is 0. The van der Waals surface area contributed by atoms with Crippen LogP contribution in [0, 0.1) is 0 Å². The van der Waals surface area contributed by atoms with Crippen LogP contribution in [0.4, 0.5) is 17.1 Å². The maximum absolute atomic E-state index is 2.45. The summed E-state index contributed by atoms with van der Waals surface area (Å²) in [5.74, 6) is 0. The molecule has 0 aromatic heterocycles. The summed E-state index contributed by atoms with van der Waals surface area (Å²) >= 11 is 0. The van der Waals surface area contributed by atoms with Crippen LogP contribution in [0.3, 0.4) is 0 Å². The zero-order valence-corrected chi connectivity index (χ0v) is 32.5. The molecule has 1 heteroatoms. The second kappa shape index (κ2) is 14.6. The van der Waals surface area contributed by atoms with Crippen molar-refractivity contribution in [3.05, 3.63) is 237 Å². The molecule has 0 heterocycles. The average molecular weight is 750 g/mol. The van der Waals surface area contributed by atoms with Crippen LogP contribution in [0.25, 0.3) is 87.6 Å². The smallest absolute Gasteiger partial charge is 0.0546 e. The lowest BCUT2D eigenvalue weighted by molar-refractivity contribution is 1.29. The molecule has 0 saturated heterocycles. The molecule has 0 aliphatic heterocycles. The van der Waals surface area contributed by atoms with Gasteiger partial charge in [-0.3, -0.25) is 0 Å².